The van der Waals surface area contributed by atoms with E-state index in [0.29, 0.717) is 11.3 Å². The molecule has 4 rings (SSSR count). The summed E-state index contributed by atoms with van der Waals surface area (Å²) in [6.07, 6.45) is -0.00936. The molecular formula is C29H25Cl2N5O5S. The Hall–Kier alpha value is -4.58. The van der Waals surface area contributed by atoms with E-state index in [2.05, 4.69) is 20.3 Å². The minimum absolute atomic E-state index is 0.00936. The maximum atomic E-state index is 12.8. The minimum atomic E-state index is -3.88. The number of nitrogens with zero attached hydrogens (tertiary/aromatic N) is 1. The molecule has 0 saturated carbocycles. The standard InChI is InChI=1S/C29H25Cl2N5O5S/c30-21-9-6-10-22(31)26(21)27(37)33-19-15-13-18(14-16-19)17-25(28(38)39)35-29(32)34-23-11-4-5-12-24(23)36-42(40,41)20-7-2-1-3-8-20/h1-16,25,36H,17H2,(H,33,37)(H,38,39)(H3,32,34,35)/t25-/m0/s1. The van der Waals surface area contributed by atoms with Gasteiger partial charge in [0.25, 0.3) is 15.9 Å². The molecule has 10 nitrogen and oxygen atoms in total. The highest BCUT2D eigenvalue weighted by Crippen LogP contribution is 2.26. The lowest BCUT2D eigenvalue weighted by Crippen LogP contribution is -2.30. The highest BCUT2D eigenvalue weighted by molar-refractivity contribution is 7.92. The molecule has 1 atom stereocenters. The van der Waals surface area contributed by atoms with Crippen LogP contribution in [0, 0.1) is 0 Å². The summed E-state index contributed by atoms with van der Waals surface area (Å²) in [5.74, 6) is -1.94. The Morgan fingerprint density at radius 2 is 1.40 bits per heavy atom. The molecule has 0 saturated heterocycles. The van der Waals surface area contributed by atoms with Gasteiger partial charge in [0.2, 0.25) is 0 Å². The number of carbonyl (C=O) groups excluding carboxylic acids is 1. The van der Waals surface area contributed by atoms with Gasteiger partial charge in [-0.1, -0.05) is 71.7 Å². The number of hydrogen-bond acceptors (Lipinski definition) is 5. The minimum Gasteiger partial charge on any atom is -0.480 e. The van der Waals surface area contributed by atoms with Crippen LogP contribution in [0.15, 0.2) is 107 Å². The molecule has 4 aromatic carbocycles. The van der Waals surface area contributed by atoms with Crippen molar-refractivity contribution in [2.75, 3.05) is 15.4 Å². The van der Waals surface area contributed by atoms with Gasteiger partial charge in [-0.3, -0.25) is 9.52 Å². The number of carboxylic acid groups (broad SMARTS) is 1. The molecule has 216 valence electrons. The number of rotatable bonds is 10. The number of guanidine groups is 1. The molecule has 0 aliphatic rings. The number of amides is 1. The molecule has 4 aromatic rings. The number of aliphatic imine (C=N–C) groups is 1. The molecule has 0 unspecified atom stereocenters. The van der Waals surface area contributed by atoms with Crippen molar-refractivity contribution >= 4 is 68.1 Å². The van der Waals surface area contributed by atoms with Crippen molar-refractivity contribution in [1.82, 2.24) is 0 Å². The highest BCUT2D eigenvalue weighted by atomic mass is 35.5. The first-order chi connectivity index (χ1) is 20.0. The Bertz CT molecular complexity index is 1710. The molecule has 0 bridgehead atoms. The predicted molar refractivity (Wildman–Crippen MR) is 165 cm³/mol. The topological polar surface area (TPSA) is 163 Å². The van der Waals surface area contributed by atoms with Gasteiger partial charge >= 0.3 is 5.97 Å². The SMILES string of the molecule is NC(=N[C@@H](Cc1ccc(NC(=O)c2c(Cl)cccc2Cl)cc1)C(=O)O)Nc1ccccc1NS(=O)(=O)c1ccccc1. The van der Waals surface area contributed by atoms with Gasteiger partial charge in [0, 0.05) is 12.1 Å². The fraction of sp³-hybridized carbons (Fsp3) is 0.0690. The largest absolute Gasteiger partial charge is 0.480 e. The third-order valence-corrected chi connectivity index (χ3v) is 7.91. The van der Waals surface area contributed by atoms with Gasteiger partial charge in [-0.25, -0.2) is 18.2 Å². The number of benzene rings is 4. The zero-order chi connectivity index (χ0) is 30.3. The zero-order valence-corrected chi connectivity index (χ0v) is 24.1. The zero-order valence-electron chi connectivity index (χ0n) is 21.8. The summed E-state index contributed by atoms with van der Waals surface area (Å²) in [5.41, 5.74) is 7.71. The van der Waals surface area contributed by atoms with Crippen LogP contribution >= 0.6 is 23.2 Å². The van der Waals surface area contributed by atoms with Crippen molar-refractivity contribution in [2.24, 2.45) is 10.7 Å². The number of carboxylic acids is 1. The van der Waals surface area contributed by atoms with Crippen LogP contribution in [-0.2, 0) is 21.2 Å². The van der Waals surface area contributed by atoms with Gasteiger partial charge in [-0.15, -0.1) is 0 Å². The Morgan fingerprint density at radius 1 is 0.810 bits per heavy atom. The summed E-state index contributed by atoms with van der Waals surface area (Å²) in [6, 6.07) is 24.2. The van der Waals surface area contributed by atoms with E-state index in [0.717, 1.165) is 0 Å². The number of aliphatic carboxylic acids is 1. The van der Waals surface area contributed by atoms with Crippen molar-refractivity contribution in [3.8, 4) is 0 Å². The predicted octanol–water partition coefficient (Wildman–Crippen LogP) is 5.47. The smallest absolute Gasteiger partial charge is 0.328 e. The van der Waals surface area contributed by atoms with Crippen LogP contribution in [0.1, 0.15) is 15.9 Å². The Labute approximate surface area is 252 Å². The molecule has 6 N–H and O–H groups in total. The number of nitrogens with one attached hydrogen (secondary N) is 3. The maximum absolute atomic E-state index is 12.8. The molecule has 0 aliphatic heterocycles. The monoisotopic (exact) mass is 625 g/mol. The van der Waals surface area contributed by atoms with Crippen LogP contribution in [0.5, 0.6) is 0 Å². The molecule has 0 radical (unpaired) electrons. The van der Waals surface area contributed by atoms with Gasteiger partial charge in [-0.05, 0) is 54.1 Å². The summed E-state index contributed by atoms with van der Waals surface area (Å²) >= 11 is 12.2. The van der Waals surface area contributed by atoms with Crippen LogP contribution in [-0.4, -0.2) is 37.4 Å². The average Bonchev–Trinajstić information content (AvgIpc) is 2.95. The summed E-state index contributed by atoms with van der Waals surface area (Å²) in [6.45, 7) is 0. The molecule has 13 heteroatoms. The second-order valence-corrected chi connectivity index (χ2v) is 11.4. The van der Waals surface area contributed by atoms with Crippen LogP contribution in [0.25, 0.3) is 0 Å². The number of sulfonamides is 1. The Morgan fingerprint density at radius 3 is 2.02 bits per heavy atom. The van der Waals surface area contributed by atoms with Gasteiger partial charge in [0.15, 0.2) is 12.0 Å². The maximum Gasteiger partial charge on any atom is 0.328 e. The van der Waals surface area contributed by atoms with E-state index in [1.54, 1.807) is 78.9 Å². The number of carbonyl (C=O) groups is 2. The van der Waals surface area contributed by atoms with E-state index in [1.807, 2.05) is 0 Å². The fourth-order valence-electron chi connectivity index (χ4n) is 3.87. The first-order valence-electron chi connectivity index (χ1n) is 12.4. The van der Waals surface area contributed by atoms with Crippen LogP contribution < -0.4 is 21.1 Å². The number of para-hydroxylation sites is 2. The third kappa shape index (κ3) is 7.78. The van der Waals surface area contributed by atoms with Crippen molar-refractivity contribution in [1.29, 1.82) is 0 Å². The van der Waals surface area contributed by atoms with E-state index in [4.69, 9.17) is 28.9 Å². The molecule has 0 fully saturated rings. The molecule has 1 amide bonds. The van der Waals surface area contributed by atoms with Gasteiger partial charge in [-0.2, -0.15) is 0 Å². The van der Waals surface area contributed by atoms with Crippen molar-refractivity contribution in [3.05, 3.63) is 118 Å². The summed E-state index contributed by atoms with van der Waals surface area (Å²) in [4.78, 5) is 28.8. The van der Waals surface area contributed by atoms with Crippen LogP contribution in [0.3, 0.4) is 0 Å². The van der Waals surface area contributed by atoms with E-state index in [9.17, 15) is 23.1 Å². The van der Waals surface area contributed by atoms with Gasteiger partial charge < -0.3 is 21.5 Å². The summed E-state index contributed by atoms with van der Waals surface area (Å²) < 4.78 is 28.1. The van der Waals surface area contributed by atoms with E-state index in [1.165, 1.54) is 18.2 Å². The van der Waals surface area contributed by atoms with Crippen molar-refractivity contribution in [2.45, 2.75) is 17.4 Å². The number of hydrogen-bond donors (Lipinski definition) is 5. The van der Waals surface area contributed by atoms with Gasteiger partial charge in [0.05, 0.1) is 31.9 Å². The number of nitrogens with two attached hydrogens (primary N) is 1. The van der Waals surface area contributed by atoms with Crippen molar-refractivity contribution in [3.63, 3.8) is 0 Å². The Kier molecular flexibility index (Phi) is 9.68. The van der Waals surface area contributed by atoms with Crippen LogP contribution in [0.4, 0.5) is 17.1 Å². The molecular weight excluding hydrogens is 601 g/mol. The van der Waals surface area contributed by atoms with Crippen molar-refractivity contribution < 1.29 is 23.1 Å². The second-order valence-electron chi connectivity index (χ2n) is 8.91. The highest BCUT2D eigenvalue weighted by Gasteiger charge is 2.20. The summed E-state index contributed by atoms with van der Waals surface area (Å²) in [7, 11) is -3.88. The normalized spacial score (nSPS) is 12.3. The van der Waals surface area contributed by atoms with E-state index >= 15 is 0 Å². The molecule has 42 heavy (non-hydrogen) atoms. The number of halogens is 2. The second kappa shape index (κ2) is 13.4. The molecule has 0 aromatic heterocycles. The number of anilines is 3. The lowest BCUT2D eigenvalue weighted by atomic mass is 10.1. The molecule has 0 aliphatic carbocycles. The lowest BCUT2D eigenvalue weighted by molar-refractivity contribution is -0.138. The lowest BCUT2D eigenvalue weighted by Gasteiger charge is -2.15. The third-order valence-electron chi connectivity index (χ3n) is 5.90. The fourth-order valence-corrected chi connectivity index (χ4v) is 5.54. The average molecular weight is 627 g/mol. The first kappa shape index (κ1) is 30.4. The van der Waals surface area contributed by atoms with Gasteiger partial charge in [0.1, 0.15) is 0 Å². The van der Waals surface area contributed by atoms with E-state index < -0.39 is 27.9 Å². The molecule has 0 spiro atoms. The quantitative estimate of drug-likeness (QED) is 0.115. The first-order valence-corrected chi connectivity index (χ1v) is 14.6. The van der Waals surface area contributed by atoms with Crippen LogP contribution in [0.2, 0.25) is 10.0 Å². The van der Waals surface area contributed by atoms with E-state index in [-0.39, 0.29) is 44.3 Å². The Balaban J connectivity index is 1.45. The molecule has 0 heterocycles. The summed E-state index contributed by atoms with van der Waals surface area (Å²) in [5, 5.41) is 15.7.